The normalized spacial score (nSPS) is 27.8. The van der Waals surface area contributed by atoms with Crippen molar-refractivity contribution in [2.24, 2.45) is 5.92 Å². The molecule has 0 radical (unpaired) electrons. The molecular weight excluding hydrogens is 786 g/mol. The third-order valence-electron chi connectivity index (χ3n) is 11.6. The first-order chi connectivity index (χ1) is 28.0. The predicted octanol–water partition coefficient (Wildman–Crippen LogP) is 4.38. The van der Waals surface area contributed by atoms with Crippen LogP contribution in [0.25, 0.3) is 0 Å². The van der Waals surface area contributed by atoms with Gasteiger partial charge in [0.25, 0.3) is 5.91 Å². The number of aliphatic hydroxyl groups is 1. The van der Waals surface area contributed by atoms with E-state index in [2.05, 4.69) is 15.4 Å². The van der Waals surface area contributed by atoms with Crippen molar-refractivity contribution in [3.8, 4) is 0 Å². The Labute approximate surface area is 343 Å². The van der Waals surface area contributed by atoms with Crippen LogP contribution in [0.2, 0.25) is 0 Å². The number of allylic oxidation sites excluding steroid dienone is 1. The summed E-state index contributed by atoms with van der Waals surface area (Å²) in [5.41, 5.74) is -0.567. The van der Waals surface area contributed by atoms with E-state index in [4.69, 9.17) is 9.47 Å². The fourth-order valence-corrected chi connectivity index (χ4v) is 9.65. The number of amides is 5. The number of hydrogen-bond acceptors (Lipinski definition) is 10. The van der Waals surface area contributed by atoms with E-state index in [-0.39, 0.29) is 39.0 Å². The Morgan fingerprint density at radius 1 is 1.02 bits per heavy atom. The highest BCUT2D eigenvalue weighted by molar-refractivity contribution is 7.91. The van der Waals surface area contributed by atoms with Crippen LogP contribution in [0.5, 0.6) is 0 Å². The van der Waals surface area contributed by atoms with Crippen LogP contribution < -0.4 is 15.4 Å². The molecule has 0 bridgehead atoms. The molecule has 3 aliphatic heterocycles. The average molecular weight is 838 g/mol. The summed E-state index contributed by atoms with van der Waals surface area (Å²) < 4.78 is 54.6. The molecule has 5 amide bonds. The van der Waals surface area contributed by atoms with Gasteiger partial charge < -0.3 is 30.1 Å². The summed E-state index contributed by atoms with van der Waals surface area (Å²) in [6.07, 6.45) is 4.28. The minimum atomic E-state index is -3.99. The third kappa shape index (κ3) is 9.25. The number of fused-ring (bicyclic) bond motifs is 3. The van der Waals surface area contributed by atoms with E-state index in [0.717, 1.165) is 0 Å². The smallest absolute Gasteiger partial charge is 0.410 e. The molecule has 0 unspecified atom stereocenters. The summed E-state index contributed by atoms with van der Waals surface area (Å²) in [5.74, 6) is -3.34. The molecule has 6 atom stereocenters. The molecule has 4 N–H and O–H groups in total. The Balaban J connectivity index is 1.27. The average Bonchev–Trinajstić information content (AvgIpc) is 4.07. The van der Waals surface area contributed by atoms with Gasteiger partial charge in [-0.2, -0.15) is 0 Å². The van der Waals surface area contributed by atoms with Gasteiger partial charge in [0.1, 0.15) is 35.1 Å². The lowest BCUT2D eigenvalue weighted by Gasteiger charge is -2.35. The number of aliphatic hydroxyl groups excluding tert-OH is 1. The van der Waals surface area contributed by atoms with E-state index in [1.54, 1.807) is 63.2 Å². The SMILES string of the molecule is CC(C)(C)OC(=O)N[C@H]1CCCCC/C=C\[C@@H]2C[C@@]2(C(=O)NS(=O)(=O)C2CC2)NC(=O)[C@@H]2C[C@@H](OC(=O)N3Cc4cccc(F)c4C3)[C@H](c3ccc(CO)cc3)N2C1=O. The highest BCUT2D eigenvalue weighted by Gasteiger charge is 2.63. The largest absolute Gasteiger partial charge is 0.444 e. The van der Waals surface area contributed by atoms with Crippen molar-refractivity contribution in [2.45, 2.75) is 139 Å². The first-order valence-electron chi connectivity index (χ1n) is 20.3. The van der Waals surface area contributed by atoms with Crippen LogP contribution in [0.4, 0.5) is 14.0 Å². The molecule has 2 aliphatic carbocycles. The van der Waals surface area contributed by atoms with Crippen molar-refractivity contribution >= 4 is 39.9 Å². The fourth-order valence-electron chi connectivity index (χ4n) is 8.28. The molecule has 3 heterocycles. The highest BCUT2D eigenvalue weighted by Crippen LogP contribution is 2.47. The number of nitrogens with one attached hydrogen (secondary N) is 3. The number of nitrogens with zero attached hydrogens (tertiary/aromatic N) is 2. The number of hydrogen-bond donors (Lipinski definition) is 4. The molecule has 3 fully saturated rings. The van der Waals surface area contributed by atoms with E-state index in [1.165, 1.54) is 15.9 Å². The van der Waals surface area contributed by atoms with E-state index in [1.807, 2.05) is 6.08 Å². The fraction of sp³-hybridized carbons (Fsp3) is 0.548. The molecule has 17 heteroatoms. The first kappa shape index (κ1) is 42.1. The number of alkyl carbamates (subject to hydrolysis) is 1. The zero-order valence-electron chi connectivity index (χ0n) is 33.4. The van der Waals surface area contributed by atoms with Crippen molar-refractivity contribution in [2.75, 3.05) is 0 Å². The van der Waals surface area contributed by atoms with Gasteiger partial charge in [-0.15, -0.1) is 0 Å². The maximum Gasteiger partial charge on any atom is 0.410 e. The topological polar surface area (TPSA) is 201 Å². The van der Waals surface area contributed by atoms with Gasteiger partial charge in [0.05, 0.1) is 24.4 Å². The molecule has 318 valence electrons. The van der Waals surface area contributed by atoms with Crippen LogP contribution in [0.3, 0.4) is 0 Å². The molecule has 59 heavy (non-hydrogen) atoms. The molecule has 2 aromatic carbocycles. The number of carbonyl (C=O) groups is 5. The second kappa shape index (κ2) is 16.6. The molecular formula is C42H52FN5O10S. The molecule has 5 aliphatic rings. The molecule has 7 rings (SSSR count). The zero-order chi connectivity index (χ0) is 42.3. The minimum Gasteiger partial charge on any atom is -0.444 e. The van der Waals surface area contributed by atoms with Gasteiger partial charge in [0.15, 0.2) is 0 Å². The summed E-state index contributed by atoms with van der Waals surface area (Å²) >= 11 is 0. The lowest BCUT2D eigenvalue weighted by Crippen LogP contribution is -2.58. The van der Waals surface area contributed by atoms with Crippen LogP contribution in [0.1, 0.15) is 107 Å². The van der Waals surface area contributed by atoms with Gasteiger partial charge in [-0.1, -0.05) is 61.4 Å². The predicted molar refractivity (Wildman–Crippen MR) is 211 cm³/mol. The summed E-state index contributed by atoms with van der Waals surface area (Å²) in [4.78, 5) is 73.7. The van der Waals surface area contributed by atoms with E-state index < -0.39 is 92.3 Å². The van der Waals surface area contributed by atoms with Crippen molar-refractivity contribution in [3.63, 3.8) is 0 Å². The van der Waals surface area contributed by atoms with Gasteiger partial charge in [-0.05, 0) is 82.1 Å². The minimum absolute atomic E-state index is 0.0613. The Hall–Kier alpha value is -5.03. The van der Waals surface area contributed by atoms with Crippen LogP contribution in [0, 0.1) is 11.7 Å². The molecule has 0 spiro atoms. The highest BCUT2D eigenvalue weighted by atomic mass is 32.2. The Morgan fingerprint density at radius 2 is 1.76 bits per heavy atom. The van der Waals surface area contributed by atoms with Crippen molar-refractivity contribution in [3.05, 3.63) is 82.7 Å². The quantitative estimate of drug-likeness (QED) is 0.290. The lowest BCUT2D eigenvalue weighted by molar-refractivity contribution is -0.143. The molecule has 2 aromatic rings. The first-order valence-corrected chi connectivity index (χ1v) is 21.8. The maximum absolute atomic E-state index is 15.1. The van der Waals surface area contributed by atoms with Gasteiger partial charge in [0, 0.05) is 24.4 Å². The number of halogens is 1. The molecule has 0 aromatic heterocycles. The van der Waals surface area contributed by atoms with Crippen LogP contribution in [-0.4, -0.2) is 87.8 Å². The molecule has 15 nitrogen and oxygen atoms in total. The van der Waals surface area contributed by atoms with Crippen molar-refractivity contribution < 1.29 is 51.4 Å². The van der Waals surface area contributed by atoms with Gasteiger partial charge in [-0.25, -0.2) is 22.4 Å². The van der Waals surface area contributed by atoms with Gasteiger partial charge in [-0.3, -0.25) is 24.0 Å². The summed E-state index contributed by atoms with van der Waals surface area (Å²) in [6.45, 7) is 4.79. The summed E-state index contributed by atoms with van der Waals surface area (Å²) in [7, 11) is -3.99. The van der Waals surface area contributed by atoms with Crippen LogP contribution in [-0.2, 0) is 53.6 Å². The molecule has 1 saturated heterocycles. The third-order valence-corrected chi connectivity index (χ3v) is 13.4. The standard InChI is InChI=1S/C42H52FN5O10S/c1-41(2,3)58-39(53)44-32-13-8-6-4-5-7-11-28-21-42(28,38(52)46-59(55,56)29-18-19-29)45-36(50)33-20-34(35(48(33)37(32)51)26-16-14-25(24-49)15-17-26)57-40(54)47-22-27-10-9-12-31(43)30(27)23-47/h7,9-12,14-17,28-29,32-35,49H,4-6,8,13,18-24H2,1-3H3,(H,44,53)(H,45,50)(H,46,52)/b11-7-/t28-,32+,33+,34-,35+,42-/m1/s1. The number of benzene rings is 2. The monoisotopic (exact) mass is 837 g/mol. The Kier molecular flexibility index (Phi) is 11.8. The molecule has 2 saturated carbocycles. The van der Waals surface area contributed by atoms with Crippen LogP contribution in [0.15, 0.2) is 54.6 Å². The summed E-state index contributed by atoms with van der Waals surface area (Å²) in [5, 5.41) is 14.7. The Morgan fingerprint density at radius 3 is 2.44 bits per heavy atom. The van der Waals surface area contributed by atoms with Gasteiger partial charge >= 0.3 is 12.2 Å². The number of carbonyl (C=O) groups excluding carboxylic acids is 5. The maximum atomic E-state index is 15.1. The Bertz CT molecular complexity index is 2120. The lowest BCUT2D eigenvalue weighted by atomic mass is 9.99. The second-order valence-corrected chi connectivity index (χ2v) is 19.2. The number of ether oxygens (including phenoxy) is 2. The summed E-state index contributed by atoms with van der Waals surface area (Å²) in [6, 6.07) is 7.44. The zero-order valence-corrected chi connectivity index (χ0v) is 34.3. The number of sulfonamides is 1. The van der Waals surface area contributed by atoms with Gasteiger partial charge in [0.2, 0.25) is 21.8 Å². The second-order valence-electron chi connectivity index (χ2n) is 17.2. The van der Waals surface area contributed by atoms with Crippen molar-refractivity contribution in [1.29, 1.82) is 0 Å². The van der Waals surface area contributed by atoms with E-state index in [0.29, 0.717) is 60.8 Å². The van der Waals surface area contributed by atoms with Crippen molar-refractivity contribution in [1.82, 2.24) is 25.2 Å². The van der Waals surface area contributed by atoms with Crippen LogP contribution >= 0.6 is 0 Å². The van der Waals surface area contributed by atoms with E-state index in [9.17, 15) is 37.1 Å². The van der Waals surface area contributed by atoms with E-state index >= 15 is 4.79 Å². The number of rotatable bonds is 7.